The third-order valence-corrected chi connectivity index (χ3v) is 3.61. The first-order chi connectivity index (χ1) is 11.8. The number of ether oxygens (including phenoxy) is 2. The molecule has 1 aromatic heterocycles. The number of carbonyl (C=O) groups is 2. The minimum absolute atomic E-state index is 0.0615. The summed E-state index contributed by atoms with van der Waals surface area (Å²) in [5, 5.41) is 10.6. The van der Waals surface area contributed by atoms with Gasteiger partial charge in [0.15, 0.2) is 6.61 Å². The molecule has 0 aliphatic heterocycles. The standard InChI is InChI=1S/C17H18N2O6/c1-4-24-17(21)15-10(2)16(18-11(15)3)14(20)9-25-13-7-5-12(6-8-13)19(22)23/h5-8,18H,4,9H2,1-3H3. The first-order valence-electron chi connectivity index (χ1n) is 7.61. The summed E-state index contributed by atoms with van der Waals surface area (Å²) in [4.78, 5) is 37.3. The van der Waals surface area contributed by atoms with Crippen molar-refractivity contribution in [3.8, 4) is 5.75 Å². The third-order valence-electron chi connectivity index (χ3n) is 3.61. The van der Waals surface area contributed by atoms with Crippen LogP contribution < -0.4 is 4.74 Å². The van der Waals surface area contributed by atoms with Gasteiger partial charge in [-0.1, -0.05) is 0 Å². The molecule has 25 heavy (non-hydrogen) atoms. The summed E-state index contributed by atoms with van der Waals surface area (Å²) in [5.41, 5.74) is 1.62. The van der Waals surface area contributed by atoms with Gasteiger partial charge in [-0.2, -0.15) is 0 Å². The van der Waals surface area contributed by atoms with Crippen LogP contribution in [0.25, 0.3) is 0 Å². The molecule has 1 aromatic carbocycles. The monoisotopic (exact) mass is 346 g/mol. The maximum absolute atomic E-state index is 12.3. The van der Waals surface area contributed by atoms with Crippen LogP contribution in [0.1, 0.15) is 39.0 Å². The molecule has 0 saturated carbocycles. The van der Waals surface area contributed by atoms with E-state index in [1.165, 1.54) is 24.3 Å². The van der Waals surface area contributed by atoms with Crippen LogP contribution >= 0.6 is 0 Å². The second kappa shape index (κ2) is 7.61. The quantitative estimate of drug-likeness (QED) is 0.357. The number of benzene rings is 1. The molecule has 0 aliphatic rings. The van der Waals surface area contributed by atoms with Gasteiger partial charge in [-0.3, -0.25) is 14.9 Å². The van der Waals surface area contributed by atoms with E-state index >= 15 is 0 Å². The Morgan fingerprint density at radius 3 is 2.40 bits per heavy atom. The Hall–Kier alpha value is -3.16. The van der Waals surface area contributed by atoms with Gasteiger partial charge < -0.3 is 14.5 Å². The van der Waals surface area contributed by atoms with E-state index in [2.05, 4.69) is 4.98 Å². The number of H-pyrrole nitrogens is 1. The second-order valence-corrected chi connectivity index (χ2v) is 5.31. The largest absolute Gasteiger partial charge is 0.485 e. The van der Waals surface area contributed by atoms with Crippen molar-refractivity contribution >= 4 is 17.4 Å². The van der Waals surface area contributed by atoms with Crippen LogP contribution in [0.2, 0.25) is 0 Å². The topological polar surface area (TPSA) is 112 Å². The Morgan fingerprint density at radius 1 is 1.20 bits per heavy atom. The lowest BCUT2D eigenvalue weighted by Crippen LogP contribution is -2.13. The lowest BCUT2D eigenvalue weighted by Gasteiger charge is -2.05. The molecule has 8 nitrogen and oxygen atoms in total. The lowest BCUT2D eigenvalue weighted by atomic mass is 10.1. The zero-order valence-corrected chi connectivity index (χ0v) is 14.1. The molecule has 0 unspecified atom stereocenters. The Bertz CT molecular complexity index is 807. The molecule has 0 spiro atoms. The number of aromatic amines is 1. The molecule has 0 saturated heterocycles. The number of nitrogens with zero attached hydrogens (tertiary/aromatic N) is 1. The summed E-state index contributed by atoms with van der Waals surface area (Å²) in [6, 6.07) is 5.43. The lowest BCUT2D eigenvalue weighted by molar-refractivity contribution is -0.384. The number of esters is 1. The predicted octanol–water partition coefficient (Wildman–Crippen LogP) is 2.98. The molecule has 0 radical (unpaired) electrons. The number of nitrogens with one attached hydrogen (secondary N) is 1. The SMILES string of the molecule is CCOC(=O)c1c(C)[nH]c(C(=O)COc2ccc([N+](=O)[O-])cc2)c1C. The highest BCUT2D eigenvalue weighted by atomic mass is 16.6. The number of carbonyl (C=O) groups excluding carboxylic acids is 2. The Labute approximate surface area is 143 Å². The Morgan fingerprint density at radius 2 is 1.84 bits per heavy atom. The zero-order chi connectivity index (χ0) is 18.6. The van der Waals surface area contributed by atoms with Gasteiger partial charge in [0.05, 0.1) is 22.8 Å². The summed E-state index contributed by atoms with van der Waals surface area (Å²) in [5.74, 6) is -0.482. The van der Waals surface area contributed by atoms with E-state index in [1.54, 1.807) is 20.8 Å². The van der Waals surface area contributed by atoms with E-state index in [1.807, 2.05) is 0 Å². The van der Waals surface area contributed by atoms with E-state index in [9.17, 15) is 19.7 Å². The van der Waals surface area contributed by atoms with Gasteiger partial charge in [0.2, 0.25) is 5.78 Å². The van der Waals surface area contributed by atoms with Crippen molar-refractivity contribution in [2.45, 2.75) is 20.8 Å². The number of hydrogen-bond acceptors (Lipinski definition) is 6. The molecule has 1 N–H and O–H groups in total. The van der Waals surface area contributed by atoms with Crippen molar-refractivity contribution < 1.29 is 24.0 Å². The molecule has 0 aliphatic carbocycles. The fourth-order valence-corrected chi connectivity index (χ4v) is 2.42. The Balaban J connectivity index is 2.09. The molecular weight excluding hydrogens is 328 g/mol. The smallest absolute Gasteiger partial charge is 0.340 e. The highest BCUT2D eigenvalue weighted by molar-refractivity contribution is 6.02. The molecule has 0 atom stereocenters. The van der Waals surface area contributed by atoms with Crippen LogP contribution in [0.3, 0.4) is 0 Å². The number of aromatic nitrogens is 1. The number of rotatable bonds is 7. The van der Waals surface area contributed by atoms with Gasteiger partial charge in [-0.05, 0) is 38.5 Å². The van der Waals surface area contributed by atoms with Crippen molar-refractivity contribution in [3.05, 3.63) is 56.9 Å². The van der Waals surface area contributed by atoms with Crippen LogP contribution in [0.15, 0.2) is 24.3 Å². The van der Waals surface area contributed by atoms with Crippen LogP contribution in [0.5, 0.6) is 5.75 Å². The normalized spacial score (nSPS) is 10.4. The summed E-state index contributed by atoms with van der Waals surface area (Å²) in [6.45, 7) is 5.04. The average Bonchev–Trinajstić information content (AvgIpc) is 2.88. The zero-order valence-electron chi connectivity index (χ0n) is 14.1. The molecule has 2 rings (SSSR count). The highest BCUT2D eigenvalue weighted by Gasteiger charge is 2.23. The van der Waals surface area contributed by atoms with Crippen molar-refractivity contribution in [1.29, 1.82) is 0 Å². The van der Waals surface area contributed by atoms with Gasteiger partial charge in [0.1, 0.15) is 5.75 Å². The van der Waals surface area contributed by atoms with Crippen LogP contribution in [-0.4, -0.2) is 34.9 Å². The number of nitro benzene ring substituents is 1. The molecule has 2 aromatic rings. The fraction of sp³-hybridized carbons (Fsp3) is 0.294. The minimum Gasteiger partial charge on any atom is -0.485 e. The number of ketones is 1. The minimum atomic E-state index is -0.517. The van der Waals surface area contributed by atoms with Gasteiger partial charge >= 0.3 is 5.97 Å². The number of nitro groups is 1. The van der Waals surface area contributed by atoms with Crippen LogP contribution in [-0.2, 0) is 4.74 Å². The summed E-state index contributed by atoms with van der Waals surface area (Å²) >= 11 is 0. The Kier molecular flexibility index (Phi) is 5.53. The summed E-state index contributed by atoms with van der Waals surface area (Å²) < 4.78 is 10.3. The van der Waals surface area contributed by atoms with E-state index in [0.717, 1.165) is 0 Å². The van der Waals surface area contributed by atoms with E-state index in [-0.39, 0.29) is 30.4 Å². The van der Waals surface area contributed by atoms with Gasteiger partial charge in [-0.25, -0.2) is 4.79 Å². The first kappa shape index (κ1) is 18.2. The fourth-order valence-electron chi connectivity index (χ4n) is 2.42. The molecule has 8 heteroatoms. The second-order valence-electron chi connectivity index (χ2n) is 5.31. The van der Waals surface area contributed by atoms with Gasteiger partial charge in [-0.15, -0.1) is 0 Å². The van der Waals surface area contributed by atoms with E-state index < -0.39 is 10.9 Å². The van der Waals surface area contributed by atoms with Crippen LogP contribution in [0, 0.1) is 24.0 Å². The highest BCUT2D eigenvalue weighted by Crippen LogP contribution is 2.21. The summed E-state index contributed by atoms with van der Waals surface area (Å²) in [6.07, 6.45) is 0. The van der Waals surface area contributed by atoms with Crippen LogP contribution in [0.4, 0.5) is 5.69 Å². The number of hydrogen-bond donors (Lipinski definition) is 1. The number of non-ortho nitro benzene ring substituents is 1. The van der Waals surface area contributed by atoms with Crippen molar-refractivity contribution in [3.63, 3.8) is 0 Å². The van der Waals surface area contributed by atoms with Crippen molar-refractivity contribution in [2.75, 3.05) is 13.2 Å². The molecular formula is C17H18N2O6. The molecule has 0 fully saturated rings. The van der Waals surface area contributed by atoms with Gasteiger partial charge in [0.25, 0.3) is 5.69 Å². The molecule has 132 valence electrons. The molecule has 0 amide bonds. The third kappa shape index (κ3) is 4.03. The first-order valence-corrected chi connectivity index (χ1v) is 7.61. The summed E-state index contributed by atoms with van der Waals surface area (Å²) in [7, 11) is 0. The van der Waals surface area contributed by atoms with E-state index in [4.69, 9.17) is 9.47 Å². The maximum atomic E-state index is 12.3. The average molecular weight is 346 g/mol. The maximum Gasteiger partial charge on any atom is 0.340 e. The number of aryl methyl sites for hydroxylation is 1. The molecule has 0 bridgehead atoms. The van der Waals surface area contributed by atoms with E-state index in [0.29, 0.717) is 22.6 Å². The van der Waals surface area contributed by atoms with Crippen molar-refractivity contribution in [1.82, 2.24) is 4.98 Å². The van der Waals surface area contributed by atoms with Crippen molar-refractivity contribution in [2.24, 2.45) is 0 Å². The predicted molar refractivity (Wildman–Crippen MR) is 89.1 cm³/mol. The number of Topliss-reactive ketones (excluding diaryl/α,β-unsaturated/α-hetero) is 1. The van der Waals surface area contributed by atoms with Gasteiger partial charge in [0, 0.05) is 17.8 Å². The molecule has 1 heterocycles.